The quantitative estimate of drug-likeness (QED) is 0.694. The summed E-state index contributed by atoms with van der Waals surface area (Å²) in [6, 6.07) is 12.1. The molecule has 5 N–H and O–H groups in total. The second-order valence-corrected chi connectivity index (χ2v) is 5.00. The van der Waals surface area contributed by atoms with Gasteiger partial charge in [0.25, 0.3) is 0 Å². The van der Waals surface area contributed by atoms with Crippen LogP contribution in [0.25, 0.3) is 0 Å². The number of aromatic hydroxyl groups is 1. The van der Waals surface area contributed by atoms with Gasteiger partial charge in [-0.15, -0.1) is 0 Å². The summed E-state index contributed by atoms with van der Waals surface area (Å²) in [6.45, 7) is 3.94. The summed E-state index contributed by atoms with van der Waals surface area (Å²) in [5, 5.41) is 15.8. The summed E-state index contributed by atoms with van der Waals surface area (Å²) in [5.41, 5.74) is 8.45. The molecule has 2 aromatic carbocycles. The van der Waals surface area contributed by atoms with E-state index < -0.39 is 6.03 Å². The maximum Gasteiger partial charge on any atom is 0.316 e. The number of primary amides is 1. The molecule has 0 aliphatic heterocycles. The lowest BCUT2D eigenvalue weighted by atomic mass is 10.0. The fraction of sp³-hybridized carbons (Fsp3) is 0.188. The molecule has 0 aliphatic carbocycles. The van der Waals surface area contributed by atoms with Crippen LogP contribution >= 0.6 is 0 Å². The van der Waals surface area contributed by atoms with Gasteiger partial charge in [0, 0.05) is 16.9 Å². The number of phenolic OH excluding ortho intramolecular Hbond substituents is 1. The first-order chi connectivity index (χ1) is 9.95. The number of carbonyl (C=O) groups is 1. The fourth-order valence-electron chi connectivity index (χ4n) is 2.18. The van der Waals surface area contributed by atoms with Gasteiger partial charge in [0.2, 0.25) is 0 Å². The van der Waals surface area contributed by atoms with Crippen molar-refractivity contribution in [3.63, 3.8) is 0 Å². The van der Waals surface area contributed by atoms with Crippen molar-refractivity contribution in [3.8, 4) is 5.75 Å². The molecule has 1 unspecified atom stereocenters. The Bertz CT molecular complexity index is 656. The number of nitrogens with one attached hydrogen (secondary N) is 2. The van der Waals surface area contributed by atoms with Crippen LogP contribution in [-0.4, -0.2) is 11.1 Å². The zero-order chi connectivity index (χ0) is 15.4. The lowest BCUT2D eigenvalue weighted by Gasteiger charge is -2.18. The van der Waals surface area contributed by atoms with Gasteiger partial charge >= 0.3 is 6.03 Å². The Morgan fingerprint density at radius 3 is 2.62 bits per heavy atom. The molecule has 2 amide bonds. The van der Waals surface area contributed by atoms with Gasteiger partial charge in [-0.05, 0) is 38.1 Å². The zero-order valence-corrected chi connectivity index (χ0v) is 12.1. The first-order valence-corrected chi connectivity index (χ1v) is 6.68. The number of nitrogens with two attached hydrogens (primary N) is 1. The number of rotatable bonds is 4. The van der Waals surface area contributed by atoms with Crippen molar-refractivity contribution in [1.82, 2.24) is 0 Å². The highest BCUT2D eigenvalue weighted by atomic mass is 16.3. The van der Waals surface area contributed by atoms with Gasteiger partial charge in [-0.2, -0.15) is 0 Å². The maximum absolute atomic E-state index is 10.9. The van der Waals surface area contributed by atoms with Crippen molar-refractivity contribution in [3.05, 3.63) is 53.6 Å². The van der Waals surface area contributed by atoms with E-state index >= 15 is 0 Å². The number of benzene rings is 2. The Morgan fingerprint density at radius 1 is 1.19 bits per heavy atom. The minimum atomic E-state index is -0.600. The highest BCUT2D eigenvalue weighted by Crippen LogP contribution is 2.28. The Balaban J connectivity index is 2.17. The van der Waals surface area contributed by atoms with Gasteiger partial charge in [0.1, 0.15) is 5.75 Å². The van der Waals surface area contributed by atoms with Crippen LogP contribution in [0.4, 0.5) is 16.2 Å². The molecule has 0 spiro atoms. The molecule has 0 bridgehead atoms. The highest BCUT2D eigenvalue weighted by Gasteiger charge is 2.10. The summed E-state index contributed by atoms with van der Waals surface area (Å²) in [5.74, 6) is 0.256. The molecule has 0 heterocycles. The predicted octanol–water partition coefficient (Wildman–Crippen LogP) is 3.36. The number of carbonyl (C=O) groups excluding carboxylic acids is 1. The van der Waals surface area contributed by atoms with Crippen molar-refractivity contribution in [2.45, 2.75) is 19.9 Å². The van der Waals surface area contributed by atoms with Crippen molar-refractivity contribution in [2.24, 2.45) is 5.73 Å². The number of hydrogen-bond donors (Lipinski definition) is 4. The molecule has 0 saturated carbocycles. The lowest BCUT2D eigenvalue weighted by molar-refractivity contribution is 0.259. The SMILES string of the molecule is Cc1ccc(O)c(C(C)Nc2cccc(NC(N)=O)c2)c1. The first kappa shape index (κ1) is 14.7. The molecule has 5 nitrogen and oxygen atoms in total. The van der Waals surface area contributed by atoms with E-state index in [4.69, 9.17) is 5.73 Å². The van der Waals surface area contributed by atoms with Gasteiger partial charge in [0.15, 0.2) is 0 Å². The van der Waals surface area contributed by atoms with Crippen molar-refractivity contribution in [1.29, 1.82) is 0 Å². The third kappa shape index (κ3) is 3.89. The number of urea groups is 1. The number of hydrogen-bond acceptors (Lipinski definition) is 3. The third-order valence-electron chi connectivity index (χ3n) is 3.16. The minimum absolute atomic E-state index is 0.0753. The molecule has 2 rings (SSSR count). The highest BCUT2D eigenvalue weighted by molar-refractivity contribution is 5.88. The van der Waals surface area contributed by atoms with E-state index in [1.54, 1.807) is 18.2 Å². The molecule has 110 valence electrons. The summed E-state index contributed by atoms with van der Waals surface area (Å²) in [6.07, 6.45) is 0. The number of phenols is 1. The molecule has 5 heteroatoms. The van der Waals surface area contributed by atoms with E-state index in [1.165, 1.54) is 0 Å². The topological polar surface area (TPSA) is 87.4 Å². The van der Waals surface area contributed by atoms with E-state index in [0.29, 0.717) is 5.69 Å². The lowest BCUT2D eigenvalue weighted by Crippen LogP contribution is -2.19. The van der Waals surface area contributed by atoms with Crippen LogP contribution in [0.15, 0.2) is 42.5 Å². The van der Waals surface area contributed by atoms with Gasteiger partial charge < -0.3 is 21.5 Å². The number of anilines is 2. The van der Waals surface area contributed by atoms with Crippen LogP contribution < -0.4 is 16.4 Å². The van der Waals surface area contributed by atoms with E-state index in [2.05, 4.69) is 10.6 Å². The Hall–Kier alpha value is -2.69. The molecule has 1 atom stereocenters. The Kier molecular flexibility index (Phi) is 4.33. The van der Waals surface area contributed by atoms with E-state index in [0.717, 1.165) is 16.8 Å². The largest absolute Gasteiger partial charge is 0.508 e. The molecule has 0 aromatic heterocycles. The normalized spacial score (nSPS) is 11.7. The van der Waals surface area contributed by atoms with Gasteiger partial charge in [-0.25, -0.2) is 4.79 Å². The summed E-state index contributed by atoms with van der Waals surface area (Å²) < 4.78 is 0. The summed E-state index contributed by atoms with van der Waals surface area (Å²) in [7, 11) is 0. The van der Waals surface area contributed by atoms with E-state index in [-0.39, 0.29) is 11.8 Å². The Labute approximate surface area is 123 Å². The smallest absolute Gasteiger partial charge is 0.316 e. The standard InChI is InChI=1S/C16H19N3O2/c1-10-6-7-15(20)14(8-10)11(2)18-12-4-3-5-13(9-12)19-16(17)21/h3-9,11,18,20H,1-2H3,(H3,17,19,21). The van der Waals surface area contributed by atoms with Gasteiger partial charge in [-0.1, -0.05) is 23.8 Å². The average molecular weight is 285 g/mol. The van der Waals surface area contributed by atoms with Crippen LogP contribution in [0.3, 0.4) is 0 Å². The molecule has 21 heavy (non-hydrogen) atoms. The average Bonchev–Trinajstić information content (AvgIpc) is 2.41. The molecule has 0 fully saturated rings. The second kappa shape index (κ2) is 6.17. The first-order valence-electron chi connectivity index (χ1n) is 6.68. The molecular formula is C16H19N3O2. The van der Waals surface area contributed by atoms with Crippen molar-refractivity contribution in [2.75, 3.05) is 10.6 Å². The van der Waals surface area contributed by atoms with Gasteiger partial charge in [0.05, 0.1) is 6.04 Å². The van der Waals surface area contributed by atoms with Gasteiger partial charge in [-0.3, -0.25) is 0 Å². The fourth-order valence-corrected chi connectivity index (χ4v) is 2.18. The van der Waals surface area contributed by atoms with E-state index in [1.807, 2.05) is 38.1 Å². The number of aryl methyl sites for hydroxylation is 1. The minimum Gasteiger partial charge on any atom is -0.508 e. The second-order valence-electron chi connectivity index (χ2n) is 5.00. The van der Waals surface area contributed by atoms with Crippen molar-refractivity contribution < 1.29 is 9.90 Å². The van der Waals surface area contributed by atoms with Crippen LogP contribution in [0.5, 0.6) is 5.75 Å². The summed E-state index contributed by atoms with van der Waals surface area (Å²) >= 11 is 0. The van der Waals surface area contributed by atoms with Crippen LogP contribution in [0.2, 0.25) is 0 Å². The van der Waals surface area contributed by atoms with E-state index in [9.17, 15) is 9.90 Å². The molecular weight excluding hydrogens is 266 g/mol. The van der Waals surface area contributed by atoms with Crippen LogP contribution in [0, 0.1) is 6.92 Å². The van der Waals surface area contributed by atoms with Crippen molar-refractivity contribution >= 4 is 17.4 Å². The van der Waals surface area contributed by atoms with Crippen LogP contribution in [0.1, 0.15) is 24.1 Å². The molecule has 0 radical (unpaired) electrons. The Morgan fingerprint density at radius 2 is 1.90 bits per heavy atom. The maximum atomic E-state index is 10.9. The summed E-state index contributed by atoms with van der Waals surface area (Å²) in [4.78, 5) is 10.9. The zero-order valence-electron chi connectivity index (χ0n) is 12.1. The number of amides is 2. The predicted molar refractivity (Wildman–Crippen MR) is 84.5 cm³/mol. The molecule has 0 aliphatic rings. The molecule has 0 saturated heterocycles. The third-order valence-corrected chi connectivity index (χ3v) is 3.16. The molecule has 2 aromatic rings. The van der Waals surface area contributed by atoms with Crippen LogP contribution in [-0.2, 0) is 0 Å². The monoisotopic (exact) mass is 285 g/mol.